The summed E-state index contributed by atoms with van der Waals surface area (Å²) in [5.41, 5.74) is 5.17. The molecule has 204 valence electrons. The number of carbonyl (C=O) groups excluding carboxylic acids is 1. The standard InChI is InChI=1S/C31H32N2O4S.CH4/c1-21(2)25-17-11-18-26(22(3)4)29(25)32-38(35,36)33-31(34)37-30-27(23-13-7-5-8-14-23)19-12-20-28(30)24-15-9-6-10-16-24;/h5-22,32H,1-4H3,(H,33,34);1H4. The second-order valence-electron chi connectivity index (χ2n) is 9.63. The van der Waals surface area contributed by atoms with Crippen LogP contribution in [0.5, 0.6) is 5.75 Å². The molecule has 0 bridgehead atoms. The van der Waals surface area contributed by atoms with E-state index < -0.39 is 16.3 Å². The molecule has 4 aromatic carbocycles. The molecule has 4 aromatic rings. The molecule has 0 saturated heterocycles. The van der Waals surface area contributed by atoms with Gasteiger partial charge >= 0.3 is 16.3 Å². The number of rotatable bonds is 8. The molecule has 1 amide bonds. The monoisotopic (exact) mass is 544 g/mol. The van der Waals surface area contributed by atoms with Gasteiger partial charge in [0.25, 0.3) is 0 Å². The normalized spacial score (nSPS) is 11.1. The topological polar surface area (TPSA) is 84.5 Å². The lowest BCUT2D eigenvalue weighted by molar-refractivity contribution is 0.207. The fourth-order valence-electron chi connectivity index (χ4n) is 4.39. The van der Waals surface area contributed by atoms with Crippen molar-refractivity contribution in [3.8, 4) is 28.0 Å². The predicted octanol–water partition coefficient (Wildman–Crippen LogP) is 8.35. The van der Waals surface area contributed by atoms with Crippen LogP contribution < -0.4 is 14.2 Å². The van der Waals surface area contributed by atoms with Crippen LogP contribution in [-0.4, -0.2) is 14.5 Å². The van der Waals surface area contributed by atoms with Crippen molar-refractivity contribution in [2.24, 2.45) is 0 Å². The van der Waals surface area contributed by atoms with E-state index in [2.05, 4.69) is 4.72 Å². The molecular formula is C32H36N2O4S. The first-order chi connectivity index (χ1) is 18.2. The van der Waals surface area contributed by atoms with Gasteiger partial charge in [0, 0.05) is 11.1 Å². The van der Waals surface area contributed by atoms with Crippen molar-refractivity contribution in [3.05, 3.63) is 108 Å². The van der Waals surface area contributed by atoms with Crippen LogP contribution in [0.1, 0.15) is 58.1 Å². The van der Waals surface area contributed by atoms with Crippen molar-refractivity contribution in [1.29, 1.82) is 0 Å². The Morgan fingerprint density at radius 3 is 1.54 bits per heavy atom. The van der Waals surface area contributed by atoms with E-state index in [1.807, 2.05) is 129 Å². The molecule has 4 rings (SSSR count). The maximum absolute atomic E-state index is 13.1. The molecule has 0 unspecified atom stereocenters. The summed E-state index contributed by atoms with van der Waals surface area (Å²) in [6.45, 7) is 7.96. The number of carbonyl (C=O) groups is 1. The molecule has 0 saturated carbocycles. The van der Waals surface area contributed by atoms with Gasteiger partial charge in [-0.25, -0.2) is 9.52 Å². The Morgan fingerprint density at radius 2 is 1.10 bits per heavy atom. The zero-order chi connectivity index (χ0) is 27.3. The number of ether oxygens (including phenoxy) is 1. The highest BCUT2D eigenvalue weighted by Gasteiger charge is 2.23. The summed E-state index contributed by atoms with van der Waals surface area (Å²) in [7, 11) is -4.30. The second-order valence-corrected chi connectivity index (χ2v) is 11.0. The van der Waals surface area contributed by atoms with Crippen LogP contribution in [-0.2, 0) is 10.2 Å². The van der Waals surface area contributed by atoms with Gasteiger partial charge in [-0.15, -0.1) is 0 Å². The van der Waals surface area contributed by atoms with Crippen LogP contribution >= 0.6 is 0 Å². The van der Waals surface area contributed by atoms with Crippen molar-refractivity contribution >= 4 is 22.0 Å². The van der Waals surface area contributed by atoms with Crippen LogP contribution in [0.25, 0.3) is 22.3 Å². The van der Waals surface area contributed by atoms with E-state index in [4.69, 9.17) is 4.74 Å². The quantitative estimate of drug-likeness (QED) is 0.233. The number of benzene rings is 4. The maximum Gasteiger partial charge on any atom is 0.427 e. The summed E-state index contributed by atoms with van der Waals surface area (Å²) in [5, 5.41) is 0. The molecule has 2 N–H and O–H groups in total. The summed E-state index contributed by atoms with van der Waals surface area (Å²) < 4.78 is 36.6. The molecule has 0 aliphatic carbocycles. The summed E-state index contributed by atoms with van der Waals surface area (Å²) in [5.74, 6) is 0.414. The summed E-state index contributed by atoms with van der Waals surface area (Å²) in [6.07, 6.45) is -1.11. The summed E-state index contributed by atoms with van der Waals surface area (Å²) >= 11 is 0. The van der Waals surface area contributed by atoms with Crippen molar-refractivity contribution in [3.63, 3.8) is 0 Å². The van der Waals surface area contributed by atoms with Gasteiger partial charge in [0.1, 0.15) is 5.75 Å². The fraction of sp³-hybridized carbons (Fsp3) is 0.219. The molecule has 0 radical (unpaired) electrons. The fourth-order valence-corrected chi connectivity index (χ4v) is 5.21. The highest BCUT2D eigenvalue weighted by Crippen LogP contribution is 2.39. The smallest absolute Gasteiger partial charge is 0.408 e. The van der Waals surface area contributed by atoms with Gasteiger partial charge in [0.2, 0.25) is 0 Å². The Kier molecular flexibility index (Phi) is 9.54. The number of nitrogens with one attached hydrogen (secondary N) is 2. The molecule has 0 spiro atoms. The molecule has 0 heterocycles. The molecule has 7 heteroatoms. The lowest BCUT2D eigenvalue weighted by Crippen LogP contribution is -2.37. The van der Waals surface area contributed by atoms with Crippen molar-refractivity contribution < 1.29 is 17.9 Å². The van der Waals surface area contributed by atoms with Crippen LogP contribution in [0.2, 0.25) is 0 Å². The van der Waals surface area contributed by atoms with E-state index in [0.29, 0.717) is 16.8 Å². The summed E-state index contributed by atoms with van der Waals surface area (Å²) in [4.78, 5) is 13.1. The molecular weight excluding hydrogens is 508 g/mol. The van der Waals surface area contributed by atoms with Crippen molar-refractivity contribution in [1.82, 2.24) is 4.72 Å². The Balaban J connectivity index is 0.00000420. The lowest BCUT2D eigenvalue weighted by Gasteiger charge is -2.21. The second kappa shape index (κ2) is 12.6. The third kappa shape index (κ3) is 7.06. The molecule has 0 atom stereocenters. The van der Waals surface area contributed by atoms with E-state index in [0.717, 1.165) is 22.3 Å². The first-order valence-electron chi connectivity index (χ1n) is 12.6. The minimum atomic E-state index is -4.30. The molecule has 0 fully saturated rings. The van der Waals surface area contributed by atoms with E-state index in [1.165, 1.54) is 0 Å². The highest BCUT2D eigenvalue weighted by atomic mass is 32.2. The molecule has 39 heavy (non-hydrogen) atoms. The average molecular weight is 545 g/mol. The largest absolute Gasteiger partial charge is 0.427 e. The third-order valence-electron chi connectivity index (χ3n) is 6.21. The van der Waals surface area contributed by atoms with Gasteiger partial charge in [-0.05, 0) is 34.1 Å². The number of hydrogen-bond acceptors (Lipinski definition) is 4. The Labute approximate surface area is 232 Å². The van der Waals surface area contributed by atoms with Crippen LogP contribution in [0.4, 0.5) is 10.5 Å². The zero-order valence-electron chi connectivity index (χ0n) is 21.9. The van der Waals surface area contributed by atoms with Gasteiger partial charge in [-0.3, -0.25) is 4.72 Å². The van der Waals surface area contributed by atoms with Crippen LogP contribution in [0, 0.1) is 0 Å². The summed E-state index contributed by atoms with van der Waals surface area (Å²) in [6, 6.07) is 30.2. The molecule has 0 aliphatic rings. The van der Waals surface area contributed by atoms with E-state index in [-0.39, 0.29) is 25.0 Å². The van der Waals surface area contributed by atoms with E-state index in [1.54, 1.807) is 0 Å². The third-order valence-corrected chi connectivity index (χ3v) is 7.11. The van der Waals surface area contributed by atoms with Gasteiger partial charge in [-0.1, -0.05) is 132 Å². The first-order valence-corrected chi connectivity index (χ1v) is 14.0. The van der Waals surface area contributed by atoms with Gasteiger partial charge in [0.05, 0.1) is 5.69 Å². The van der Waals surface area contributed by atoms with Crippen LogP contribution in [0.3, 0.4) is 0 Å². The minimum Gasteiger partial charge on any atom is -0.408 e. The highest BCUT2D eigenvalue weighted by molar-refractivity contribution is 7.91. The maximum atomic E-state index is 13.1. The van der Waals surface area contributed by atoms with E-state index in [9.17, 15) is 13.2 Å². The van der Waals surface area contributed by atoms with E-state index >= 15 is 0 Å². The van der Waals surface area contributed by atoms with Gasteiger partial charge in [-0.2, -0.15) is 8.42 Å². The van der Waals surface area contributed by atoms with Crippen LogP contribution in [0.15, 0.2) is 97.1 Å². The van der Waals surface area contributed by atoms with Crippen molar-refractivity contribution in [2.45, 2.75) is 47.0 Å². The molecule has 0 aromatic heterocycles. The zero-order valence-corrected chi connectivity index (χ0v) is 22.8. The number of hydrogen-bond donors (Lipinski definition) is 2. The average Bonchev–Trinajstić information content (AvgIpc) is 2.89. The predicted molar refractivity (Wildman–Crippen MR) is 160 cm³/mol. The number of anilines is 1. The molecule has 0 aliphatic heterocycles. The molecule has 6 nitrogen and oxygen atoms in total. The number of para-hydroxylation sites is 2. The van der Waals surface area contributed by atoms with Gasteiger partial charge < -0.3 is 4.74 Å². The van der Waals surface area contributed by atoms with Crippen molar-refractivity contribution in [2.75, 3.05) is 4.72 Å². The Bertz CT molecular complexity index is 1430. The SMILES string of the molecule is C.CC(C)c1cccc(C(C)C)c1NS(=O)(=O)NC(=O)Oc1c(-c2ccccc2)cccc1-c1ccccc1. The Morgan fingerprint density at radius 1 is 0.667 bits per heavy atom. The number of amides is 1. The minimum absolute atomic E-state index is 0. The Hall–Kier alpha value is -4.10. The lowest BCUT2D eigenvalue weighted by atomic mass is 9.93. The van der Waals surface area contributed by atoms with Gasteiger partial charge in [0.15, 0.2) is 0 Å². The first kappa shape index (κ1) is 29.5.